The van der Waals surface area contributed by atoms with Crippen molar-refractivity contribution in [1.82, 2.24) is 4.98 Å². The van der Waals surface area contributed by atoms with E-state index in [1.807, 2.05) is 12.2 Å². The van der Waals surface area contributed by atoms with Gasteiger partial charge in [0.05, 0.1) is 5.02 Å². The number of hydrogen-bond acceptors (Lipinski definition) is 3. The van der Waals surface area contributed by atoms with Crippen molar-refractivity contribution in [3.8, 4) is 0 Å². The molecule has 0 unspecified atom stereocenters. The van der Waals surface area contributed by atoms with Gasteiger partial charge in [-0.2, -0.15) is 0 Å². The highest BCUT2D eigenvalue weighted by atomic mass is 35.5. The maximum atomic E-state index is 10.6. The van der Waals surface area contributed by atoms with Gasteiger partial charge in [0.1, 0.15) is 0 Å². The molecule has 0 spiro atoms. The van der Waals surface area contributed by atoms with Crippen LogP contribution in [0.2, 0.25) is 5.02 Å². The molecule has 0 radical (unpaired) electrons. The fourth-order valence-electron chi connectivity index (χ4n) is 0.853. The summed E-state index contributed by atoms with van der Waals surface area (Å²) in [4.78, 5) is 14.6. The first kappa shape index (κ1) is 11.3. The first-order valence-corrected chi connectivity index (χ1v) is 5.46. The van der Waals surface area contributed by atoms with Crippen LogP contribution < -0.4 is 0 Å². The van der Waals surface area contributed by atoms with Crippen molar-refractivity contribution in [3.63, 3.8) is 0 Å². The molecule has 0 amide bonds. The Labute approximate surface area is 92.4 Å². The number of pyridine rings is 1. The molecule has 1 aromatic heterocycles. The Hall–Kier alpha value is -0.800. The molecule has 0 atom stereocenters. The number of aromatic nitrogens is 1. The topological polar surface area (TPSA) is 30.0 Å². The number of nitrogens with zero attached hydrogens (tertiary/aromatic N) is 1. The zero-order valence-corrected chi connectivity index (χ0v) is 9.31. The van der Waals surface area contributed by atoms with E-state index in [9.17, 15) is 4.79 Å². The van der Waals surface area contributed by atoms with Gasteiger partial charge in [-0.25, -0.2) is 0 Å². The molecule has 0 saturated carbocycles. The second-order valence-electron chi connectivity index (χ2n) is 2.60. The summed E-state index contributed by atoms with van der Waals surface area (Å²) < 4.78 is 0. The number of hydrogen-bond donors (Lipinski definition) is 0. The van der Waals surface area contributed by atoms with Crippen molar-refractivity contribution in [2.45, 2.75) is 6.92 Å². The molecule has 1 aromatic rings. The highest BCUT2D eigenvalue weighted by Gasteiger charge is 1.94. The first-order valence-electron chi connectivity index (χ1n) is 4.09. The molecule has 0 bridgehead atoms. The number of thioether (sulfide) groups is 1. The summed E-state index contributed by atoms with van der Waals surface area (Å²) in [6.07, 6.45) is 7.10. The summed E-state index contributed by atoms with van der Waals surface area (Å²) in [6.45, 7) is 1.55. The van der Waals surface area contributed by atoms with E-state index in [4.69, 9.17) is 11.6 Å². The minimum Gasteiger partial charge on any atom is -0.288 e. The Morgan fingerprint density at radius 2 is 2.50 bits per heavy atom. The number of carbonyl (C=O) groups excluding carboxylic acids is 1. The molecule has 0 N–H and O–H groups in total. The minimum absolute atomic E-state index is 0.118. The Kier molecular flexibility index (Phi) is 4.70. The zero-order chi connectivity index (χ0) is 10.4. The smallest absolute Gasteiger partial charge is 0.186 e. The van der Waals surface area contributed by atoms with Gasteiger partial charge in [-0.15, -0.1) is 0 Å². The molecule has 0 aliphatic carbocycles. The summed E-state index contributed by atoms with van der Waals surface area (Å²) >= 11 is 7.17. The molecule has 0 fully saturated rings. The van der Waals surface area contributed by atoms with Crippen molar-refractivity contribution >= 4 is 34.6 Å². The van der Waals surface area contributed by atoms with E-state index < -0.39 is 0 Å². The second kappa shape index (κ2) is 5.83. The van der Waals surface area contributed by atoms with E-state index >= 15 is 0 Å². The fourth-order valence-corrected chi connectivity index (χ4v) is 1.45. The minimum atomic E-state index is 0.118. The van der Waals surface area contributed by atoms with E-state index in [1.54, 1.807) is 25.4 Å². The van der Waals surface area contributed by atoms with Gasteiger partial charge in [0.25, 0.3) is 0 Å². The third kappa shape index (κ3) is 3.94. The van der Waals surface area contributed by atoms with Crippen LogP contribution in [0.4, 0.5) is 0 Å². The van der Waals surface area contributed by atoms with Gasteiger partial charge in [0.2, 0.25) is 0 Å². The zero-order valence-electron chi connectivity index (χ0n) is 7.74. The molecule has 0 aliphatic heterocycles. The van der Waals surface area contributed by atoms with Crippen LogP contribution in [0, 0.1) is 0 Å². The molecule has 14 heavy (non-hydrogen) atoms. The third-order valence-electron chi connectivity index (χ3n) is 1.48. The molecule has 1 rings (SSSR count). The fraction of sp³-hybridized carbons (Fsp3) is 0.200. The predicted molar refractivity (Wildman–Crippen MR) is 61.4 cm³/mol. The molecular weight excluding hydrogens is 218 g/mol. The third-order valence-corrected chi connectivity index (χ3v) is 2.59. The van der Waals surface area contributed by atoms with Crippen molar-refractivity contribution in [2.24, 2.45) is 0 Å². The average Bonchev–Trinajstić information content (AvgIpc) is 2.15. The Bertz CT molecular complexity index is 352. The molecule has 1 heterocycles. The van der Waals surface area contributed by atoms with Gasteiger partial charge in [-0.1, -0.05) is 35.5 Å². The molecule has 0 aromatic carbocycles. The summed E-state index contributed by atoms with van der Waals surface area (Å²) in [5, 5.41) is 0.788. The summed E-state index contributed by atoms with van der Waals surface area (Å²) in [6, 6.07) is 1.74. The monoisotopic (exact) mass is 227 g/mol. The molecular formula is C10H10ClNOS. The van der Waals surface area contributed by atoms with E-state index in [-0.39, 0.29) is 5.12 Å². The standard InChI is InChI=1S/C10H10ClNOS/c1-8(13)14-6-2-3-9-7-12-5-4-10(9)11/h2-5,7H,6H2,1H3. The first-order chi connectivity index (χ1) is 6.70. The lowest BCUT2D eigenvalue weighted by molar-refractivity contribution is -0.109. The molecule has 74 valence electrons. The highest BCUT2D eigenvalue weighted by molar-refractivity contribution is 8.13. The quantitative estimate of drug-likeness (QED) is 0.795. The normalized spacial score (nSPS) is 10.7. The van der Waals surface area contributed by atoms with Crippen molar-refractivity contribution in [2.75, 3.05) is 5.75 Å². The van der Waals surface area contributed by atoms with Gasteiger partial charge in [-0.3, -0.25) is 9.78 Å². The van der Waals surface area contributed by atoms with E-state index in [0.717, 1.165) is 5.56 Å². The predicted octanol–water partition coefficient (Wildman–Crippen LogP) is 3.03. The summed E-state index contributed by atoms with van der Waals surface area (Å²) in [5.41, 5.74) is 0.873. The maximum absolute atomic E-state index is 10.6. The van der Waals surface area contributed by atoms with E-state index in [2.05, 4.69) is 4.98 Å². The van der Waals surface area contributed by atoms with Gasteiger partial charge in [0, 0.05) is 30.6 Å². The molecule has 4 heteroatoms. The largest absolute Gasteiger partial charge is 0.288 e. The number of rotatable bonds is 3. The molecule has 0 aliphatic rings. The molecule has 2 nitrogen and oxygen atoms in total. The van der Waals surface area contributed by atoms with Crippen molar-refractivity contribution in [1.29, 1.82) is 0 Å². The summed E-state index contributed by atoms with van der Waals surface area (Å²) in [5.74, 6) is 0.667. The van der Waals surface area contributed by atoms with Crippen LogP contribution >= 0.6 is 23.4 Å². The van der Waals surface area contributed by atoms with Crippen LogP contribution in [-0.2, 0) is 4.79 Å². The van der Waals surface area contributed by atoms with E-state index in [0.29, 0.717) is 10.8 Å². The van der Waals surface area contributed by atoms with Gasteiger partial charge >= 0.3 is 0 Å². The Balaban J connectivity index is 2.52. The van der Waals surface area contributed by atoms with Crippen LogP contribution in [0.1, 0.15) is 12.5 Å². The molecule has 0 saturated heterocycles. The second-order valence-corrected chi connectivity index (χ2v) is 4.21. The number of carbonyl (C=O) groups is 1. The number of halogens is 1. The Morgan fingerprint density at radius 1 is 1.71 bits per heavy atom. The van der Waals surface area contributed by atoms with Crippen molar-refractivity contribution < 1.29 is 4.79 Å². The van der Waals surface area contributed by atoms with Crippen LogP contribution in [0.15, 0.2) is 24.5 Å². The Morgan fingerprint density at radius 3 is 3.14 bits per heavy atom. The van der Waals surface area contributed by atoms with Crippen LogP contribution in [-0.4, -0.2) is 15.9 Å². The van der Waals surface area contributed by atoms with Crippen LogP contribution in [0.25, 0.3) is 6.08 Å². The average molecular weight is 228 g/mol. The van der Waals surface area contributed by atoms with Gasteiger partial charge < -0.3 is 0 Å². The SMILES string of the molecule is CC(=O)SCC=Cc1cnccc1Cl. The lowest BCUT2D eigenvalue weighted by Crippen LogP contribution is -1.82. The summed E-state index contributed by atoms with van der Waals surface area (Å²) in [7, 11) is 0. The lowest BCUT2D eigenvalue weighted by atomic mass is 10.3. The van der Waals surface area contributed by atoms with Gasteiger partial charge in [0.15, 0.2) is 5.12 Å². The maximum Gasteiger partial charge on any atom is 0.186 e. The van der Waals surface area contributed by atoms with E-state index in [1.165, 1.54) is 11.8 Å². The van der Waals surface area contributed by atoms with Crippen molar-refractivity contribution in [3.05, 3.63) is 35.1 Å². The highest BCUT2D eigenvalue weighted by Crippen LogP contribution is 2.15. The van der Waals surface area contributed by atoms with Gasteiger partial charge in [-0.05, 0) is 6.07 Å². The van der Waals surface area contributed by atoms with Crippen LogP contribution in [0.5, 0.6) is 0 Å². The van der Waals surface area contributed by atoms with Crippen LogP contribution in [0.3, 0.4) is 0 Å². The lowest BCUT2D eigenvalue weighted by Gasteiger charge is -1.95.